The number of H-pyrrole nitrogens is 1. The highest BCUT2D eigenvalue weighted by Gasteiger charge is 2.11. The van der Waals surface area contributed by atoms with Crippen LogP contribution in [0.4, 0.5) is 11.5 Å². The summed E-state index contributed by atoms with van der Waals surface area (Å²) in [6.07, 6.45) is 4.28. The molecule has 0 aliphatic rings. The molecule has 17 heavy (non-hydrogen) atoms. The van der Waals surface area contributed by atoms with Gasteiger partial charge in [0.05, 0.1) is 5.69 Å². The van der Waals surface area contributed by atoms with Gasteiger partial charge in [0.25, 0.3) is 5.91 Å². The zero-order valence-corrected chi connectivity index (χ0v) is 8.81. The van der Waals surface area contributed by atoms with Gasteiger partial charge in [0.2, 0.25) is 0 Å². The molecule has 0 bridgehead atoms. The van der Waals surface area contributed by atoms with Gasteiger partial charge in [0.15, 0.2) is 11.2 Å². The number of hydrogen-bond acceptors (Lipinski definition) is 4. The summed E-state index contributed by atoms with van der Waals surface area (Å²) in [5, 5.41) is 2.47. The third kappa shape index (κ3) is 2.31. The lowest BCUT2D eigenvalue weighted by molar-refractivity contribution is 0.102. The zero-order valence-electron chi connectivity index (χ0n) is 8.81. The Morgan fingerprint density at radius 3 is 2.94 bits per heavy atom. The van der Waals surface area contributed by atoms with Crippen LogP contribution < -0.4 is 16.5 Å². The number of nitrogens with two attached hydrogens (primary N) is 1. The van der Waals surface area contributed by atoms with Crippen molar-refractivity contribution in [3.63, 3.8) is 0 Å². The Balaban J connectivity index is 2.27. The first-order chi connectivity index (χ1) is 8.18. The second kappa shape index (κ2) is 4.48. The normalized spacial score (nSPS) is 9.88. The van der Waals surface area contributed by atoms with E-state index in [2.05, 4.69) is 15.3 Å². The van der Waals surface area contributed by atoms with Crippen molar-refractivity contribution in [1.29, 1.82) is 0 Å². The number of nitrogen functional groups attached to an aromatic ring is 1. The first kappa shape index (κ1) is 10.9. The molecule has 0 aliphatic carbocycles. The topological polar surface area (TPSA) is 101 Å². The van der Waals surface area contributed by atoms with Gasteiger partial charge in [-0.1, -0.05) is 0 Å². The van der Waals surface area contributed by atoms with E-state index in [4.69, 9.17) is 5.73 Å². The van der Waals surface area contributed by atoms with Gasteiger partial charge in [-0.05, 0) is 12.1 Å². The van der Waals surface area contributed by atoms with E-state index < -0.39 is 5.91 Å². The molecule has 0 saturated heterocycles. The molecule has 2 rings (SSSR count). The van der Waals surface area contributed by atoms with Crippen LogP contribution in [0.15, 0.2) is 41.6 Å². The molecule has 1 amide bonds. The van der Waals surface area contributed by atoms with E-state index in [1.165, 1.54) is 24.7 Å². The fourth-order valence-corrected chi connectivity index (χ4v) is 1.29. The molecule has 2 aromatic rings. The van der Waals surface area contributed by atoms with Crippen molar-refractivity contribution in [3.8, 4) is 0 Å². The van der Waals surface area contributed by atoms with Gasteiger partial charge in [-0.15, -0.1) is 0 Å². The fourth-order valence-electron chi connectivity index (χ4n) is 1.29. The van der Waals surface area contributed by atoms with E-state index >= 15 is 0 Å². The van der Waals surface area contributed by atoms with Crippen LogP contribution >= 0.6 is 0 Å². The monoisotopic (exact) mass is 230 g/mol. The number of nitrogens with zero attached hydrogens (tertiary/aromatic N) is 1. The van der Waals surface area contributed by atoms with Crippen molar-refractivity contribution in [1.82, 2.24) is 9.97 Å². The number of pyridine rings is 2. The Morgan fingerprint density at radius 1 is 1.41 bits per heavy atom. The molecule has 0 radical (unpaired) electrons. The molecule has 2 heterocycles. The molecule has 0 aromatic carbocycles. The zero-order chi connectivity index (χ0) is 12.3. The van der Waals surface area contributed by atoms with Crippen LogP contribution in [0.25, 0.3) is 0 Å². The van der Waals surface area contributed by atoms with Crippen molar-refractivity contribution in [2.75, 3.05) is 11.1 Å². The Hall–Kier alpha value is -2.63. The number of carbonyl (C=O) groups is 1. The minimum atomic E-state index is -0.544. The predicted octanol–water partition coefficient (Wildman–Crippen LogP) is 0.604. The molecule has 0 unspecified atom stereocenters. The molecule has 0 aliphatic heterocycles. The van der Waals surface area contributed by atoms with Crippen LogP contribution in [-0.2, 0) is 0 Å². The van der Waals surface area contributed by atoms with Crippen molar-refractivity contribution < 1.29 is 4.79 Å². The Kier molecular flexibility index (Phi) is 2.87. The predicted molar refractivity (Wildman–Crippen MR) is 63.7 cm³/mol. The van der Waals surface area contributed by atoms with Gasteiger partial charge in [0.1, 0.15) is 5.56 Å². The third-order valence-electron chi connectivity index (χ3n) is 2.14. The summed E-state index contributed by atoms with van der Waals surface area (Å²) < 4.78 is 0. The summed E-state index contributed by atoms with van der Waals surface area (Å²) in [4.78, 5) is 29.7. The second-order valence-electron chi connectivity index (χ2n) is 3.32. The lowest BCUT2D eigenvalue weighted by Crippen LogP contribution is -2.21. The van der Waals surface area contributed by atoms with Crippen molar-refractivity contribution in [2.24, 2.45) is 0 Å². The Labute approximate surface area is 96.5 Å². The van der Waals surface area contributed by atoms with E-state index in [-0.39, 0.29) is 16.8 Å². The summed E-state index contributed by atoms with van der Waals surface area (Å²) in [5.74, 6) is -0.307. The number of aromatic nitrogens is 2. The summed E-state index contributed by atoms with van der Waals surface area (Å²) in [5.41, 5.74) is 5.61. The molecule has 0 fully saturated rings. The van der Waals surface area contributed by atoms with Crippen LogP contribution in [0, 0.1) is 0 Å². The highest BCUT2D eigenvalue weighted by atomic mass is 16.2. The number of nitrogens with one attached hydrogen (secondary N) is 2. The van der Waals surface area contributed by atoms with Crippen LogP contribution in [0.2, 0.25) is 0 Å². The summed E-state index contributed by atoms with van der Waals surface area (Å²) in [6.45, 7) is 0. The fraction of sp³-hybridized carbons (Fsp3) is 0. The van der Waals surface area contributed by atoms with Crippen molar-refractivity contribution in [2.45, 2.75) is 0 Å². The highest BCUT2D eigenvalue weighted by Crippen LogP contribution is 2.13. The van der Waals surface area contributed by atoms with Crippen LogP contribution in [0.3, 0.4) is 0 Å². The van der Waals surface area contributed by atoms with E-state index in [0.29, 0.717) is 5.69 Å². The molecule has 4 N–H and O–H groups in total. The standard InChI is InChI=1S/C11H10N4O2/c12-8-2-1-4-14-10(8)15-11(17)7-6-13-5-3-9(7)16/h1-6H,12H2,(H,13,16)(H,14,15,17). The van der Waals surface area contributed by atoms with E-state index in [1.54, 1.807) is 12.1 Å². The average Bonchev–Trinajstić information content (AvgIpc) is 2.32. The van der Waals surface area contributed by atoms with Gasteiger partial charge in [0, 0.05) is 24.7 Å². The van der Waals surface area contributed by atoms with Gasteiger partial charge < -0.3 is 16.0 Å². The summed E-state index contributed by atoms with van der Waals surface area (Å²) in [6, 6.07) is 4.54. The minimum absolute atomic E-state index is 0.0116. The molecule has 6 heteroatoms. The van der Waals surface area contributed by atoms with Crippen LogP contribution in [0.1, 0.15) is 10.4 Å². The number of amides is 1. The SMILES string of the molecule is Nc1cccnc1NC(=O)c1c[nH]ccc1=O. The maximum Gasteiger partial charge on any atom is 0.262 e. The van der Waals surface area contributed by atoms with Crippen LogP contribution in [0.5, 0.6) is 0 Å². The minimum Gasteiger partial charge on any atom is -0.396 e. The van der Waals surface area contributed by atoms with E-state index in [9.17, 15) is 9.59 Å². The van der Waals surface area contributed by atoms with Crippen LogP contribution in [-0.4, -0.2) is 15.9 Å². The third-order valence-corrected chi connectivity index (χ3v) is 2.14. The quantitative estimate of drug-likeness (QED) is 0.703. The first-order valence-electron chi connectivity index (χ1n) is 4.87. The molecule has 2 aromatic heterocycles. The number of hydrogen-bond donors (Lipinski definition) is 3. The lowest BCUT2D eigenvalue weighted by atomic mass is 10.2. The molecular weight excluding hydrogens is 220 g/mol. The van der Waals surface area contributed by atoms with Crippen molar-refractivity contribution in [3.05, 3.63) is 52.6 Å². The molecule has 0 saturated carbocycles. The molecular formula is C11H10N4O2. The molecule has 86 valence electrons. The van der Waals surface area contributed by atoms with Gasteiger partial charge >= 0.3 is 0 Å². The van der Waals surface area contributed by atoms with E-state index in [0.717, 1.165) is 0 Å². The van der Waals surface area contributed by atoms with Crippen molar-refractivity contribution >= 4 is 17.4 Å². The number of carbonyl (C=O) groups excluding carboxylic acids is 1. The largest absolute Gasteiger partial charge is 0.396 e. The first-order valence-corrected chi connectivity index (χ1v) is 4.87. The summed E-state index contributed by atoms with van der Waals surface area (Å²) >= 11 is 0. The Bertz CT molecular complexity index is 606. The highest BCUT2D eigenvalue weighted by molar-refractivity contribution is 6.04. The maximum atomic E-state index is 11.8. The van der Waals surface area contributed by atoms with E-state index in [1.807, 2.05) is 0 Å². The van der Waals surface area contributed by atoms with Gasteiger partial charge in [-0.2, -0.15) is 0 Å². The Morgan fingerprint density at radius 2 is 2.24 bits per heavy atom. The van der Waals surface area contributed by atoms with Gasteiger partial charge in [-0.25, -0.2) is 4.98 Å². The maximum absolute atomic E-state index is 11.8. The number of aromatic amines is 1. The number of rotatable bonds is 2. The smallest absolute Gasteiger partial charge is 0.262 e. The lowest BCUT2D eigenvalue weighted by Gasteiger charge is -2.05. The second-order valence-corrected chi connectivity index (χ2v) is 3.32. The molecule has 0 atom stereocenters. The molecule has 6 nitrogen and oxygen atoms in total. The molecule has 0 spiro atoms. The van der Waals surface area contributed by atoms with Gasteiger partial charge in [-0.3, -0.25) is 9.59 Å². The average molecular weight is 230 g/mol. The summed E-state index contributed by atoms with van der Waals surface area (Å²) in [7, 11) is 0. The number of anilines is 2.